The number of nitrogens with zero attached hydrogens (tertiary/aromatic N) is 1. The highest BCUT2D eigenvalue weighted by atomic mass is 32.2. The summed E-state index contributed by atoms with van der Waals surface area (Å²) < 4.78 is 23.1. The van der Waals surface area contributed by atoms with Gasteiger partial charge in [-0.15, -0.1) is 0 Å². The predicted molar refractivity (Wildman–Crippen MR) is 139 cm³/mol. The van der Waals surface area contributed by atoms with E-state index in [0.717, 1.165) is 56.6 Å². The summed E-state index contributed by atoms with van der Waals surface area (Å²) in [5, 5.41) is 3.51. The van der Waals surface area contributed by atoms with E-state index in [1.165, 1.54) is 37.5 Å². The summed E-state index contributed by atoms with van der Waals surface area (Å²) >= 11 is 0. The lowest BCUT2D eigenvalue weighted by Gasteiger charge is -2.38. The molecule has 0 radical (unpaired) electrons. The molecular weight excluding hydrogens is 446 g/mol. The summed E-state index contributed by atoms with van der Waals surface area (Å²) in [7, 11) is -3.12. The summed E-state index contributed by atoms with van der Waals surface area (Å²) in [5.41, 5.74) is 3.60. The Morgan fingerprint density at radius 2 is 1.76 bits per heavy atom. The minimum atomic E-state index is -3.12. The van der Waals surface area contributed by atoms with Crippen LogP contribution in [0, 0.1) is 0 Å². The fourth-order valence-electron chi connectivity index (χ4n) is 4.93. The lowest BCUT2D eigenvalue weighted by atomic mass is 9.90. The van der Waals surface area contributed by atoms with Crippen molar-refractivity contribution in [3.05, 3.63) is 63.6 Å². The van der Waals surface area contributed by atoms with E-state index in [9.17, 15) is 13.2 Å². The fraction of sp³-hybridized carbons (Fsp3) is 0.593. The molecule has 1 heterocycles. The van der Waals surface area contributed by atoms with Gasteiger partial charge in [0.1, 0.15) is 0 Å². The molecule has 34 heavy (non-hydrogen) atoms. The molecule has 0 saturated heterocycles. The van der Waals surface area contributed by atoms with Crippen LogP contribution in [0.15, 0.2) is 46.1 Å². The number of aryl methyl sites for hydroxylation is 1. The molecule has 6 nitrogen and oxygen atoms in total. The molecule has 0 amide bonds. The van der Waals surface area contributed by atoms with Crippen molar-refractivity contribution >= 4 is 9.84 Å². The van der Waals surface area contributed by atoms with E-state index in [1.54, 1.807) is 18.2 Å². The van der Waals surface area contributed by atoms with Crippen LogP contribution in [0.2, 0.25) is 0 Å². The summed E-state index contributed by atoms with van der Waals surface area (Å²) in [6.45, 7) is 7.65. The maximum absolute atomic E-state index is 11.6. The third kappa shape index (κ3) is 8.07. The van der Waals surface area contributed by atoms with Crippen LogP contribution in [0.5, 0.6) is 0 Å². The molecule has 2 aromatic rings. The maximum atomic E-state index is 11.6. The summed E-state index contributed by atoms with van der Waals surface area (Å²) in [6, 6.07) is 12.0. The van der Waals surface area contributed by atoms with Gasteiger partial charge in [-0.25, -0.2) is 8.42 Å². The molecule has 0 aliphatic heterocycles. The molecule has 1 atom stereocenters. The number of pyridine rings is 1. The number of aromatic amines is 1. The monoisotopic (exact) mass is 487 g/mol. The molecule has 2 N–H and O–H groups in total. The molecule has 1 aromatic carbocycles. The summed E-state index contributed by atoms with van der Waals surface area (Å²) in [6.07, 6.45) is 10.1. The van der Waals surface area contributed by atoms with Crippen LogP contribution in [-0.2, 0) is 29.1 Å². The number of unbranched alkanes of at least 4 members (excludes halogenated alkanes) is 3. The van der Waals surface area contributed by atoms with Crippen molar-refractivity contribution in [2.45, 2.75) is 82.2 Å². The second-order valence-corrected chi connectivity index (χ2v) is 11.9. The predicted octanol–water partition coefficient (Wildman–Crippen LogP) is 3.74. The average molecular weight is 488 g/mol. The van der Waals surface area contributed by atoms with E-state index in [-0.39, 0.29) is 5.56 Å². The van der Waals surface area contributed by atoms with Gasteiger partial charge in [0, 0.05) is 30.1 Å². The van der Waals surface area contributed by atoms with Crippen LogP contribution in [0.25, 0.3) is 0 Å². The Morgan fingerprint density at radius 1 is 1.03 bits per heavy atom. The van der Waals surface area contributed by atoms with Crippen LogP contribution in [0.4, 0.5) is 0 Å². The number of fused-ring (bicyclic) bond motifs is 1. The highest BCUT2D eigenvalue weighted by Crippen LogP contribution is 2.24. The Balaban J connectivity index is 1.29. The molecule has 0 fully saturated rings. The number of sulfone groups is 1. The quantitative estimate of drug-likeness (QED) is 0.421. The Hall–Kier alpha value is -1.96. The van der Waals surface area contributed by atoms with Crippen molar-refractivity contribution in [1.29, 1.82) is 0 Å². The molecule has 0 spiro atoms. The largest absolute Gasteiger partial charge is 0.326 e. The van der Waals surface area contributed by atoms with Crippen molar-refractivity contribution < 1.29 is 8.42 Å². The lowest BCUT2D eigenvalue weighted by molar-refractivity contribution is 0.136. The maximum Gasteiger partial charge on any atom is 0.248 e. The minimum absolute atomic E-state index is 0.00987. The van der Waals surface area contributed by atoms with Gasteiger partial charge in [0.2, 0.25) is 5.56 Å². The first-order valence-electron chi connectivity index (χ1n) is 12.7. The van der Waals surface area contributed by atoms with Gasteiger partial charge in [0.15, 0.2) is 9.84 Å². The van der Waals surface area contributed by atoms with Crippen molar-refractivity contribution in [2.24, 2.45) is 0 Å². The average Bonchev–Trinajstić information content (AvgIpc) is 2.79. The van der Waals surface area contributed by atoms with E-state index >= 15 is 0 Å². The smallest absolute Gasteiger partial charge is 0.248 e. The Labute approximate surface area is 205 Å². The van der Waals surface area contributed by atoms with E-state index < -0.39 is 9.84 Å². The molecule has 1 unspecified atom stereocenters. The van der Waals surface area contributed by atoms with E-state index in [1.807, 2.05) is 18.2 Å². The molecule has 0 saturated carbocycles. The molecule has 3 rings (SSSR count). The van der Waals surface area contributed by atoms with Crippen LogP contribution >= 0.6 is 0 Å². The summed E-state index contributed by atoms with van der Waals surface area (Å²) in [5.74, 6) is 0. The molecule has 188 valence electrons. The van der Waals surface area contributed by atoms with Gasteiger partial charge in [-0.1, -0.05) is 31.0 Å². The summed E-state index contributed by atoms with van der Waals surface area (Å²) in [4.78, 5) is 17.6. The van der Waals surface area contributed by atoms with Crippen LogP contribution in [0.1, 0.15) is 62.8 Å². The van der Waals surface area contributed by atoms with Gasteiger partial charge in [-0.2, -0.15) is 0 Å². The Bertz CT molecular complexity index is 1060. The zero-order valence-electron chi connectivity index (χ0n) is 21.0. The van der Waals surface area contributed by atoms with Crippen LogP contribution in [0.3, 0.4) is 0 Å². The third-order valence-corrected chi connectivity index (χ3v) is 8.00. The number of benzene rings is 1. The Morgan fingerprint density at radius 3 is 2.47 bits per heavy atom. The highest BCUT2D eigenvalue weighted by Gasteiger charge is 2.26. The van der Waals surface area contributed by atoms with Gasteiger partial charge in [-0.05, 0) is 95.3 Å². The van der Waals surface area contributed by atoms with Crippen molar-refractivity contribution in [3.8, 4) is 0 Å². The SMILES string of the molecule is CC(C)N(CCCCCCNCCc1ccc(S(C)(=O)=O)cc1)C1CCc2[nH]c(=O)ccc2C1. The normalized spacial score (nSPS) is 16.2. The molecule has 7 heteroatoms. The topological polar surface area (TPSA) is 82.3 Å². The van der Waals surface area contributed by atoms with Crippen LogP contribution in [-0.4, -0.2) is 56.3 Å². The second-order valence-electron chi connectivity index (χ2n) is 9.88. The van der Waals surface area contributed by atoms with Crippen molar-refractivity contribution in [2.75, 3.05) is 25.9 Å². The van der Waals surface area contributed by atoms with Gasteiger partial charge in [-0.3, -0.25) is 9.69 Å². The van der Waals surface area contributed by atoms with Gasteiger partial charge >= 0.3 is 0 Å². The van der Waals surface area contributed by atoms with Gasteiger partial charge in [0.25, 0.3) is 0 Å². The first-order valence-corrected chi connectivity index (χ1v) is 14.6. The minimum Gasteiger partial charge on any atom is -0.326 e. The zero-order chi connectivity index (χ0) is 24.6. The van der Waals surface area contributed by atoms with E-state index in [4.69, 9.17) is 0 Å². The number of aromatic nitrogens is 1. The standard InChI is InChI=1S/C27H41N3O3S/c1-21(2)30(24-11-14-26-23(20-24)10-15-27(31)29-26)19-7-5-4-6-17-28-18-16-22-8-12-25(13-9-22)34(3,32)33/h8-10,12-13,15,21,24,28H,4-7,11,14,16-20H2,1-3H3,(H,29,31). The number of rotatable bonds is 13. The highest BCUT2D eigenvalue weighted by molar-refractivity contribution is 7.90. The first-order chi connectivity index (χ1) is 16.2. The van der Waals surface area contributed by atoms with Gasteiger partial charge < -0.3 is 10.3 Å². The van der Waals surface area contributed by atoms with Crippen LogP contribution < -0.4 is 10.9 Å². The first kappa shape index (κ1) is 26.6. The number of hydrogen-bond acceptors (Lipinski definition) is 5. The van der Waals surface area contributed by atoms with E-state index in [0.29, 0.717) is 17.0 Å². The van der Waals surface area contributed by atoms with E-state index in [2.05, 4.69) is 29.0 Å². The van der Waals surface area contributed by atoms with Crippen molar-refractivity contribution in [1.82, 2.24) is 15.2 Å². The zero-order valence-corrected chi connectivity index (χ0v) is 21.8. The van der Waals surface area contributed by atoms with Crippen molar-refractivity contribution in [3.63, 3.8) is 0 Å². The molecule has 1 aliphatic rings. The second kappa shape index (κ2) is 12.7. The fourth-order valence-corrected chi connectivity index (χ4v) is 5.56. The number of H-pyrrole nitrogens is 1. The molecular formula is C27H41N3O3S. The lowest BCUT2D eigenvalue weighted by Crippen LogP contribution is -2.44. The Kier molecular flexibility index (Phi) is 9.92. The molecule has 1 aliphatic carbocycles. The molecule has 0 bridgehead atoms. The molecule has 1 aromatic heterocycles. The number of hydrogen-bond donors (Lipinski definition) is 2. The number of nitrogens with one attached hydrogen (secondary N) is 2. The van der Waals surface area contributed by atoms with Gasteiger partial charge in [0.05, 0.1) is 4.90 Å². The third-order valence-electron chi connectivity index (χ3n) is 6.87.